The SMILES string of the molecule is CCC1CCN(C(=O)c2ccc(N)cc2)CC1. The predicted molar refractivity (Wildman–Crippen MR) is 69.8 cm³/mol. The summed E-state index contributed by atoms with van der Waals surface area (Å²) in [5.41, 5.74) is 7.06. The topological polar surface area (TPSA) is 46.3 Å². The summed E-state index contributed by atoms with van der Waals surface area (Å²) < 4.78 is 0. The zero-order valence-corrected chi connectivity index (χ0v) is 10.4. The maximum absolute atomic E-state index is 12.2. The Hall–Kier alpha value is -1.51. The van der Waals surface area contributed by atoms with E-state index in [1.165, 1.54) is 6.42 Å². The van der Waals surface area contributed by atoms with Gasteiger partial charge in [0, 0.05) is 24.3 Å². The number of rotatable bonds is 2. The molecule has 0 atom stereocenters. The minimum atomic E-state index is 0.138. The second kappa shape index (κ2) is 5.21. The lowest BCUT2D eigenvalue weighted by Gasteiger charge is -2.31. The van der Waals surface area contributed by atoms with Gasteiger partial charge >= 0.3 is 0 Å². The molecule has 1 aliphatic rings. The van der Waals surface area contributed by atoms with Crippen LogP contribution >= 0.6 is 0 Å². The molecule has 17 heavy (non-hydrogen) atoms. The van der Waals surface area contributed by atoms with Crippen LogP contribution in [0.4, 0.5) is 5.69 Å². The van der Waals surface area contributed by atoms with Gasteiger partial charge in [0.15, 0.2) is 0 Å². The van der Waals surface area contributed by atoms with E-state index in [1.807, 2.05) is 17.0 Å². The van der Waals surface area contributed by atoms with Gasteiger partial charge in [-0.3, -0.25) is 4.79 Å². The van der Waals surface area contributed by atoms with Crippen LogP contribution in [0.3, 0.4) is 0 Å². The molecule has 92 valence electrons. The Kier molecular flexibility index (Phi) is 3.67. The maximum atomic E-state index is 12.2. The van der Waals surface area contributed by atoms with E-state index in [-0.39, 0.29) is 5.91 Å². The highest BCUT2D eigenvalue weighted by Gasteiger charge is 2.22. The fourth-order valence-corrected chi connectivity index (χ4v) is 2.35. The number of nitrogens with two attached hydrogens (primary N) is 1. The van der Waals surface area contributed by atoms with Gasteiger partial charge in [0.25, 0.3) is 5.91 Å². The third-order valence-corrected chi connectivity index (χ3v) is 3.64. The highest BCUT2D eigenvalue weighted by Crippen LogP contribution is 2.21. The molecular weight excluding hydrogens is 212 g/mol. The van der Waals surface area contributed by atoms with Crippen molar-refractivity contribution in [3.8, 4) is 0 Å². The molecular formula is C14H20N2O. The summed E-state index contributed by atoms with van der Waals surface area (Å²) in [7, 11) is 0. The maximum Gasteiger partial charge on any atom is 0.253 e. The Bertz CT molecular complexity index is 378. The van der Waals surface area contributed by atoms with Crippen molar-refractivity contribution >= 4 is 11.6 Å². The van der Waals surface area contributed by atoms with Crippen molar-refractivity contribution in [1.82, 2.24) is 4.90 Å². The van der Waals surface area contributed by atoms with Gasteiger partial charge in [-0.15, -0.1) is 0 Å². The van der Waals surface area contributed by atoms with Crippen molar-refractivity contribution < 1.29 is 4.79 Å². The van der Waals surface area contributed by atoms with E-state index in [0.29, 0.717) is 5.69 Å². The number of likely N-dealkylation sites (tertiary alicyclic amines) is 1. The average molecular weight is 232 g/mol. The van der Waals surface area contributed by atoms with Crippen LogP contribution in [0, 0.1) is 5.92 Å². The Morgan fingerprint density at radius 3 is 2.41 bits per heavy atom. The lowest BCUT2D eigenvalue weighted by Crippen LogP contribution is -2.38. The standard InChI is InChI=1S/C14H20N2O/c1-2-11-7-9-16(10-8-11)14(17)12-3-5-13(15)6-4-12/h3-6,11H,2,7-10,15H2,1H3. The van der Waals surface area contributed by atoms with Crippen molar-refractivity contribution in [1.29, 1.82) is 0 Å². The van der Waals surface area contributed by atoms with E-state index in [2.05, 4.69) is 6.92 Å². The number of carbonyl (C=O) groups excluding carboxylic acids is 1. The minimum absolute atomic E-state index is 0.138. The van der Waals surface area contributed by atoms with Crippen LogP contribution in [0.1, 0.15) is 36.5 Å². The van der Waals surface area contributed by atoms with Gasteiger partial charge in [0.2, 0.25) is 0 Å². The first kappa shape index (κ1) is 12.0. The summed E-state index contributed by atoms with van der Waals surface area (Å²) in [6.45, 7) is 4.01. The fraction of sp³-hybridized carbons (Fsp3) is 0.500. The van der Waals surface area contributed by atoms with Crippen LogP contribution in [0.5, 0.6) is 0 Å². The number of benzene rings is 1. The molecule has 2 rings (SSSR count). The molecule has 0 aliphatic carbocycles. The van der Waals surface area contributed by atoms with Crippen molar-refractivity contribution in [2.24, 2.45) is 5.92 Å². The lowest BCUT2D eigenvalue weighted by atomic mass is 9.94. The molecule has 0 spiro atoms. The van der Waals surface area contributed by atoms with Gasteiger partial charge in [0.05, 0.1) is 0 Å². The summed E-state index contributed by atoms with van der Waals surface area (Å²) in [6.07, 6.45) is 3.50. The van der Waals surface area contributed by atoms with Gasteiger partial charge in [-0.25, -0.2) is 0 Å². The molecule has 1 aromatic carbocycles. The number of nitrogen functional groups attached to an aromatic ring is 1. The molecule has 3 heteroatoms. The molecule has 0 unspecified atom stereocenters. The molecule has 0 saturated carbocycles. The molecule has 1 aromatic rings. The molecule has 3 nitrogen and oxygen atoms in total. The number of piperidine rings is 1. The quantitative estimate of drug-likeness (QED) is 0.796. The van der Waals surface area contributed by atoms with Gasteiger partial charge in [0.1, 0.15) is 0 Å². The van der Waals surface area contributed by atoms with Gasteiger partial charge < -0.3 is 10.6 Å². The summed E-state index contributed by atoms with van der Waals surface area (Å²) in [4.78, 5) is 14.1. The van der Waals surface area contributed by atoms with Crippen molar-refractivity contribution in [2.45, 2.75) is 26.2 Å². The minimum Gasteiger partial charge on any atom is -0.399 e. The number of carbonyl (C=O) groups is 1. The monoisotopic (exact) mass is 232 g/mol. The third-order valence-electron chi connectivity index (χ3n) is 3.64. The molecule has 1 fully saturated rings. The zero-order chi connectivity index (χ0) is 12.3. The van der Waals surface area contributed by atoms with Crippen LogP contribution in [0.15, 0.2) is 24.3 Å². The molecule has 1 aliphatic heterocycles. The van der Waals surface area contributed by atoms with E-state index in [0.717, 1.165) is 37.4 Å². The van der Waals surface area contributed by atoms with E-state index in [4.69, 9.17) is 5.73 Å². The highest BCUT2D eigenvalue weighted by atomic mass is 16.2. The van der Waals surface area contributed by atoms with Gasteiger partial charge in [-0.05, 0) is 43.0 Å². The summed E-state index contributed by atoms with van der Waals surface area (Å²) >= 11 is 0. The van der Waals surface area contributed by atoms with Crippen LogP contribution in [0.25, 0.3) is 0 Å². The number of amides is 1. The van der Waals surface area contributed by atoms with E-state index < -0.39 is 0 Å². The van der Waals surface area contributed by atoms with Crippen molar-refractivity contribution in [3.05, 3.63) is 29.8 Å². The first-order valence-electron chi connectivity index (χ1n) is 6.35. The number of anilines is 1. The Morgan fingerprint density at radius 1 is 1.29 bits per heavy atom. The average Bonchev–Trinajstić information content (AvgIpc) is 2.39. The lowest BCUT2D eigenvalue weighted by molar-refractivity contribution is 0.0689. The number of hydrogen-bond acceptors (Lipinski definition) is 2. The second-order valence-electron chi connectivity index (χ2n) is 4.77. The Balaban J connectivity index is 1.99. The van der Waals surface area contributed by atoms with Crippen molar-refractivity contribution in [2.75, 3.05) is 18.8 Å². The Labute approximate surface area is 103 Å². The number of hydrogen-bond donors (Lipinski definition) is 1. The second-order valence-corrected chi connectivity index (χ2v) is 4.77. The van der Waals surface area contributed by atoms with Crippen molar-refractivity contribution in [3.63, 3.8) is 0 Å². The largest absolute Gasteiger partial charge is 0.399 e. The first-order valence-corrected chi connectivity index (χ1v) is 6.35. The molecule has 0 radical (unpaired) electrons. The van der Waals surface area contributed by atoms with E-state index in [1.54, 1.807) is 12.1 Å². The smallest absolute Gasteiger partial charge is 0.253 e. The Morgan fingerprint density at radius 2 is 1.88 bits per heavy atom. The van der Waals surface area contributed by atoms with Gasteiger partial charge in [-0.1, -0.05) is 13.3 Å². The highest BCUT2D eigenvalue weighted by molar-refractivity contribution is 5.94. The van der Waals surface area contributed by atoms with Crippen LogP contribution in [-0.4, -0.2) is 23.9 Å². The third kappa shape index (κ3) is 2.78. The fourth-order valence-electron chi connectivity index (χ4n) is 2.35. The normalized spacial score (nSPS) is 17.1. The molecule has 1 saturated heterocycles. The summed E-state index contributed by atoms with van der Waals surface area (Å²) in [6, 6.07) is 7.19. The number of nitrogens with zero attached hydrogens (tertiary/aromatic N) is 1. The predicted octanol–water partition coefficient (Wildman–Crippen LogP) is 2.53. The zero-order valence-electron chi connectivity index (χ0n) is 10.4. The first-order chi connectivity index (χ1) is 8.20. The summed E-state index contributed by atoms with van der Waals surface area (Å²) in [5.74, 6) is 0.935. The van der Waals surface area contributed by atoms with Crippen LogP contribution in [-0.2, 0) is 0 Å². The molecule has 1 heterocycles. The molecule has 0 bridgehead atoms. The van der Waals surface area contributed by atoms with Crippen LogP contribution < -0.4 is 5.73 Å². The molecule has 1 amide bonds. The van der Waals surface area contributed by atoms with Gasteiger partial charge in [-0.2, -0.15) is 0 Å². The summed E-state index contributed by atoms with van der Waals surface area (Å²) in [5, 5.41) is 0. The van der Waals surface area contributed by atoms with Crippen LogP contribution in [0.2, 0.25) is 0 Å². The molecule has 0 aromatic heterocycles. The van der Waals surface area contributed by atoms with E-state index >= 15 is 0 Å². The molecule has 2 N–H and O–H groups in total. The van der Waals surface area contributed by atoms with E-state index in [9.17, 15) is 4.79 Å².